The number of carboxylic acids is 1. The maximum atomic E-state index is 12.1. The fraction of sp³-hybridized carbons (Fsp3) is 0.231. The van der Waals surface area contributed by atoms with Gasteiger partial charge in [-0.15, -0.1) is 5.10 Å². The predicted octanol–water partition coefficient (Wildman–Crippen LogP) is 1.98. The molecule has 0 unspecified atom stereocenters. The molecule has 104 valence electrons. The van der Waals surface area contributed by atoms with E-state index in [0.717, 1.165) is 11.5 Å². The van der Waals surface area contributed by atoms with Crippen LogP contribution in [0.25, 0.3) is 0 Å². The number of aliphatic carboxylic acids is 1. The third-order valence-corrected chi connectivity index (χ3v) is 3.40. The van der Waals surface area contributed by atoms with E-state index in [2.05, 4.69) is 14.9 Å². The molecule has 0 atom stereocenters. The first-order valence-corrected chi connectivity index (χ1v) is 6.80. The Balaban J connectivity index is 2.13. The van der Waals surface area contributed by atoms with Gasteiger partial charge in [-0.25, -0.2) is 0 Å². The molecule has 0 aliphatic rings. The summed E-state index contributed by atoms with van der Waals surface area (Å²) in [5.74, 6) is -1.18. The number of benzene rings is 1. The Morgan fingerprint density at radius 2 is 2.20 bits per heavy atom. The number of amides is 1. The number of hydrogen-bond donors (Lipinski definition) is 2. The van der Waals surface area contributed by atoms with Gasteiger partial charge in [-0.3, -0.25) is 9.59 Å². The van der Waals surface area contributed by atoms with E-state index in [0.29, 0.717) is 28.2 Å². The van der Waals surface area contributed by atoms with Crippen molar-refractivity contribution >= 4 is 29.1 Å². The summed E-state index contributed by atoms with van der Waals surface area (Å²) in [4.78, 5) is 23.2. The Kier molecular flexibility index (Phi) is 4.41. The van der Waals surface area contributed by atoms with E-state index in [1.54, 1.807) is 24.3 Å². The second-order valence-corrected chi connectivity index (χ2v) is 4.88. The molecule has 6 nitrogen and oxygen atoms in total. The Morgan fingerprint density at radius 1 is 1.40 bits per heavy atom. The smallest absolute Gasteiger partial charge is 0.307 e. The average molecular weight is 291 g/mol. The molecule has 2 N–H and O–H groups in total. The number of aromatic nitrogens is 2. The van der Waals surface area contributed by atoms with Crippen molar-refractivity contribution in [2.75, 3.05) is 5.32 Å². The monoisotopic (exact) mass is 291 g/mol. The summed E-state index contributed by atoms with van der Waals surface area (Å²) in [5.41, 5.74) is 1.85. The van der Waals surface area contributed by atoms with Crippen molar-refractivity contribution in [2.24, 2.45) is 0 Å². The van der Waals surface area contributed by atoms with Crippen molar-refractivity contribution in [3.05, 3.63) is 40.4 Å². The van der Waals surface area contributed by atoms with Gasteiger partial charge in [0.1, 0.15) is 4.88 Å². The molecule has 2 aromatic rings. The lowest BCUT2D eigenvalue weighted by molar-refractivity contribution is -0.136. The van der Waals surface area contributed by atoms with Crippen molar-refractivity contribution in [3.8, 4) is 0 Å². The number of carbonyl (C=O) groups excluding carboxylic acids is 1. The highest BCUT2D eigenvalue weighted by Crippen LogP contribution is 2.16. The van der Waals surface area contributed by atoms with Gasteiger partial charge in [0, 0.05) is 5.69 Å². The van der Waals surface area contributed by atoms with Crippen LogP contribution in [0.15, 0.2) is 24.3 Å². The lowest BCUT2D eigenvalue weighted by Crippen LogP contribution is -2.12. The number of nitrogens with one attached hydrogen (secondary N) is 1. The fourth-order valence-electron chi connectivity index (χ4n) is 1.73. The van der Waals surface area contributed by atoms with Gasteiger partial charge < -0.3 is 10.4 Å². The van der Waals surface area contributed by atoms with Gasteiger partial charge in [0.2, 0.25) is 0 Å². The molecule has 1 aromatic carbocycles. The maximum Gasteiger partial charge on any atom is 0.307 e. The molecule has 0 spiro atoms. The molecule has 7 heteroatoms. The zero-order chi connectivity index (χ0) is 14.5. The first-order chi connectivity index (χ1) is 9.60. The van der Waals surface area contributed by atoms with Crippen LogP contribution in [0.5, 0.6) is 0 Å². The highest BCUT2D eigenvalue weighted by atomic mass is 32.1. The summed E-state index contributed by atoms with van der Waals surface area (Å²) in [6.45, 7) is 1.90. The van der Waals surface area contributed by atoms with E-state index in [9.17, 15) is 9.59 Å². The molecular weight excluding hydrogens is 278 g/mol. The molecule has 0 saturated heterocycles. The molecule has 2 rings (SSSR count). The molecule has 0 saturated carbocycles. The molecule has 1 amide bonds. The Morgan fingerprint density at radius 3 is 2.90 bits per heavy atom. The van der Waals surface area contributed by atoms with Crippen LogP contribution in [-0.2, 0) is 17.6 Å². The number of rotatable bonds is 5. The first kappa shape index (κ1) is 14.1. The Bertz CT molecular complexity index is 639. The van der Waals surface area contributed by atoms with Gasteiger partial charge in [-0.1, -0.05) is 23.5 Å². The minimum absolute atomic E-state index is 0.0773. The van der Waals surface area contributed by atoms with E-state index >= 15 is 0 Å². The van der Waals surface area contributed by atoms with Gasteiger partial charge in [0.15, 0.2) is 0 Å². The van der Waals surface area contributed by atoms with Crippen LogP contribution in [0.2, 0.25) is 0 Å². The van der Waals surface area contributed by atoms with Crippen LogP contribution < -0.4 is 5.32 Å². The summed E-state index contributed by atoms with van der Waals surface area (Å²) >= 11 is 1.05. The Hall–Kier alpha value is -2.28. The van der Waals surface area contributed by atoms with Crippen molar-refractivity contribution < 1.29 is 14.7 Å². The number of carboxylic acid groups (broad SMARTS) is 1. The van der Waals surface area contributed by atoms with Crippen LogP contribution in [0.4, 0.5) is 5.69 Å². The van der Waals surface area contributed by atoms with E-state index < -0.39 is 5.97 Å². The van der Waals surface area contributed by atoms with Gasteiger partial charge in [-0.05, 0) is 35.6 Å². The van der Waals surface area contributed by atoms with Crippen molar-refractivity contribution in [1.29, 1.82) is 0 Å². The number of carbonyl (C=O) groups is 2. The summed E-state index contributed by atoms with van der Waals surface area (Å²) in [7, 11) is 0. The van der Waals surface area contributed by atoms with Crippen LogP contribution in [0.1, 0.15) is 27.9 Å². The molecule has 0 bridgehead atoms. The van der Waals surface area contributed by atoms with Crippen LogP contribution >= 0.6 is 11.5 Å². The van der Waals surface area contributed by atoms with E-state index in [1.807, 2.05) is 6.92 Å². The molecule has 0 aliphatic heterocycles. The van der Waals surface area contributed by atoms with E-state index in [1.165, 1.54) is 0 Å². The number of hydrogen-bond acceptors (Lipinski definition) is 5. The summed E-state index contributed by atoms with van der Waals surface area (Å²) in [5, 5.41) is 15.4. The van der Waals surface area contributed by atoms with Crippen molar-refractivity contribution in [3.63, 3.8) is 0 Å². The summed E-state index contributed by atoms with van der Waals surface area (Å²) in [6.07, 6.45) is 0.560. The van der Waals surface area contributed by atoms with Gasteiger partial charge in [0.25, 0.3) is 5.91 Å². The molecule has 0 radical (unpaired) electrons. The highest BCUT2D eigenvalue weighted by Gasteiger charge is 2.15. The molecule has 0 fully saturated rings. The summed E-state index contributed by atoms with van der Waals surface area (Å²) in [6, 6.07) is 6.77. The zero-order valence-electron chi connectivity index (χ0n) is 10.8. The lowest BCUT2D eigenvalue weighted by atomic mass is 10.1. The van der Waals surface area contributed by atoms with Crippen molar-refractivity contribution in [1.82, 2.24) is 9.59 Å². The van der Waals surface area contributed by atoms with Gasteiger partial charge in [0.05, 0.1) is 12.1 Å². The van der Waals surface area contributed by atoms with Crippen LogP contribution in [0, 0.1) is 0 Å². The average Bonchev–Trinajstić information content (AvgIpc) is 2.86. The molecule has 0 aliphatic carbocycles. The Labute approximate surface area is 119 Å². The minimum Gasteiger partial charge on any atom is -0.481 e. The van der Waals surface area contributed by atoms with Crippen molar-refractivity contribution in [2.45, 2.75) is 19.8 Å². The third kappa shape index (κ3) is 3.39. The highest BCUT2D eigenvalue weighted by molar-refractivity contribution is 7.08. The van der Waals surface area contributed by atoms with Crippen LogP contribution in [0.3, 0.4) is 0 Å². The largest absolute Gasteiger partial charge is 0.481 e. The predicted molar refractivity (Wildman–Crippen MR) is 75.0 cm³/mol. The lowest BCUT2D eigenvalue weighted by Gasteiger charge is -2.05. The SMILES string of the molecule is CCc1nnsc1C(=O)Nc1cccc(CC(=O)O)c1. The first-order valence-electron chi connectivity index (χ1n) is 6.03. The third-order valence-electron chi connectivity index (χ3n) is 2.64. The van der Waals surface area contributed by atoms with Crippen LogP contribution in [-0.4, -0.2) is 26.6 Å². The van der Waals surface area contributed by atoms with Gasteiger partial charge in [-0.2, -0.15) is 0 Å². The molecular formula is C13H13N3O3S. The minimum atomic E-state index is -0.909. The van der Waals surface area contributed by atoms with E-state index in [-0.39, 0.29) is 12.3 Å². The zero-order valence-corrected chi connectivity index (χ0v) is 11.6. The topological polar surface area (TPSA) is 92.2 Å². The standard InChI is InChI=1S/C13H13N3O3S/c1-2-10-12(20-16-15-10)13(19)14-9-5-3-4-8(6-9)7-11(17)18/h3-6H,2,7H2,1H3,(H,14,19)(H,17,18). The molecule has 1 aromatic heterocycles. The maximum absolute atomic E-state index is 12.1. The number of anilines is 1. The quantitative estimate of drug-likeness (QED) is 0.878. The number of nitrogens with zero attached hydrogens (tertiary/aromatic N) is 2. The molecule has 20 heavy (non-hydrogen) atoms. The second kappa shape index (κ2) is 6.25. The summed E-state index contributed by atoms with van der Waals surface area (Å²) < 4.78 is 3.77. The second-order valence-electron chi connectivity index (χ2n) is 4.13. The fourth-order valence-corrected chi connectivity index (χ4v) is 2.38. The van der Waals surface area contributed by atoms with E-state index in [4.69, 9.17) is 5.11 Å². The molecule has 1 heterocycles. The van der Waals surface area contributed by atoms with Gasteiger partial charge >= 0.3 is 5.97 Å². The number of aryl methyl sites for hydroxylation is 1. The normalized spacial score (nSPS) is 10.2.